The Morgan fingerprint density at radius 2 is 1.96 bits per heavy atom. The number of halogens is 1. The second-order valence-corrected chi connectivity index (χ2v) is 8.15. The highest BCUT2D eigenvalue weighted by Crippen LogP contribution is 2.24. The molecule has 0 radical (unpaired) electrons. The molecule has 1 amide bonds. The molecule has 0 spiro atoms. The molecular formula is C21H25BrN2O2S. The third kappa shape index (κ3) is 6.33. The first-order valence-electron chi connectivity index (χ1n) is 8.89. The number of ether oxygens (including phenoxy) is 1. The monoisotopic (exact) mass is 448 g/mol. The minimum Gasteiger partial charge on any atom is -0.493 e. The SMILES string of the molecule is Cc1cccc(NC(=S)NC(=O)c2cc(Br)ccc2OCCC(C)C)c1C. The van der Waals surface area contributed by atoms with Gasteiger partial charge in [-0.3, -0.25) is 10.1 Å². The highest BCUT2D eigenvalue weighted by atomic mass is 79.9. The molecule has 0 aliphatic heterocycles. The molecule has 0 heterocycles. The van der Waals surface area contributed by atoms with E-state index in [1.165, 1.54) is 0 Å². The molecule has 6 heteroatoms. The lowest BCUT2D eigenvalue weighted by Crippen LogP contribution is -2.34. The first kappa shape index (κ1) is 21.4. The molecule has 4 nitrogen and oxygen atoms in total. The van der Waals surface area contributed by atoms with Crippen LogP contribution in [0.5, 0.6) is 5.75 Å². The van der Waals surface area contributed by atoms with Crippen molar-refractivity contribution in [2.24, 2.45) is 5.92 Å². The van der Waals surface area contributed by atoms with Crippen LogP contribution < -0.4 is 15.4 Å². The second-order valence-electron chi connectivity index (χ2n) is 6.83. The summed E-state index contributed by atoms with van der Waals surface area (Å²) in [5.74, 6) is 0.775. The number of hydrogen-bond acceptors (Lipinski definition) is 3. The zero-order valence-electron chi connectivity index (χ0n) is 16.1. The van der Waals surface area contributed by atoms with E-state index >= 15 is 0 Å². The normalized spacial score (nSPS) is 10.6. The molecule has 2 rings (SSSR count). The van der Waals surface area contributed by atoms with Crippen LogP contribution in [0, 0.1) is 19.8 Å². The maximum absolute atomic E-state index is 12.7. The van der Waals surface area contributed by atoms with Crippen LogP contribution in [0.1, 0.15) is 41.8 Å². The average molecular weight is 449 g/mol. The predicted molar refractivity (Wildman–Crippen MR) is 119 cm³/mol. The van der Waals surface area contributed by atoms with Gasteiger partial charge in [0.25, 0.3) is 5.91 Å². The zero-order chi connectivity index (χ0) is 20.0. The van der Waals surface area contributed by atoms with Crippen molar-refractivity contribution in [1.29, 1.82) is 0 Å². The molecule has 2 aromatic carbocycles. The first-order chi connectivity index (χ1) is 12.8. The molecule has 0 aromatic heterocycles. The van der Waals surface area contributed by atoms with E-state index in [4.69, 9.17) is 17.0 Å². The van der Waals surface area contributed by atoms with Crippen LogP contribution >= 0.6 is 28.1 Å². The topological polar surface area (TPSA) is 50.4 Å². The number of aryl methyl sites for hydroxylation is 1. The van der Waals surface area contributed by atoms with Gasteiger partial charge in [0.1, 0.15) is 5.75 Å². The van der Waals surface area contributed by atoms with E-state index in [9.17, 15) is 4.79 Å². The molecular weight excluding hydrogens is 424 g/mol. The minimum absolute atomic E-state index is 0.252. The van der Waals surface area contributed by atoms with Gasteiger partial charge in [0.05, 0.1) is 12.2 Å². The Kier molecular flexibility index (Phi) is 7.80. The van der Waals surface area contributed by atoms with Crippen LogP contribution in [0.2, 0.25) is 0 Å². The summed E-state index contributed by atoms with van der Waals surface area (Å²) in [7, 11) is 0. The van der Waals surface area contributed by atoms with Gasteiger partial charge in [-0.2, -0.15) is 0 Å². The fourth-order valence-corrected chi connectivity index (χ4v) is 2.98. The second kappa shape index (κ2) is 9.85. The lowest BCUT2D eigenvalue weighted by atomic mass is 10.1. The molecule has 27 heavy (non-hydrogen) atoms. The summed E-state index contributed by atoms with van der Waals surface area (Å²) < 4.78 is 6.62. The summed E-state index contributed by atoms with van der Waals surface area (Å²) in [5.41, 5.74) is 3.57. The van der Waals surface area contributed by atoms with Gasteiger partial charge in [0.2, 0.25) is 0 Å². The number of thiocarbonyl (C=S) groups is 1. The highest BCUT2D eigenvalue weighted by Gasteiger charge is 2.15. The quantitative estimate of drug-likeness (QED) is 0.563. The molecule has 2 aromatic rings. The maximum Gasteiger partial charge on any atom is 0.261 e. The van der Waals surface area contributed by atoms with Crippen LogP contribution in [0.15, 0.2) is 40.9 Å². The molecule has 0 bridgehead atoms. The van der Waals surface area contributed by atoms with E-state index in [1.54, 1.807) is 12.1 Å². The van der Waals surface area contributed by atoms with Crippen molar-refractivity contribution in [2.75, 3.05) is 11.9 Å². The van der Waals surface area contributed by atoms with Gasteiger partial charge >= 0.3 is 0 Å². The van der Waals surface area contributed by atoms with E-state index in [0.29, 0.717) is 23.8 Å². The average Bonchev–Trinajstić information content (AvgIpc) is 2.59. The number of anilines is 1. The van der Waals surface area contributed by atoms with Gasteiger partial charge in [-0.25, -0.2) is 0 Å². The predicted octanol–water partition coefficient (Wildman–Crippen LogP) is 5.62. The number of amides is 1. The van der Waals surface area contributed by atoms with Crippen molar-refractivity contribution in [3.05, 3.63) is 57.6 Å². The van der Waals surface area contributed by atoms with Gasteiger partial charge in [-0.1, -0.05) is 41.9 Å². The van der Waals surface area contributed by atoms with E-state index in [1.807, 2.05) is 38.1 Å². The lowest BCUT2D eigenvalue weighted by molar-refractivity contribution is 0.0973. The fraction of sp³-hybridized carbons (Fsp3) is 0.333. The van der Waals surface area contributed by atoms with Crippen LogP contribution in [0.3, 0.4) is 0 Å². The maximum atomic E-state index is 12.7. The summed E-state index contributed by atoms with van der Waals surface area (Å²) >= 11 is 8.73. The summed E-state index contributed by atoms with van der Waals surface area (Å²) in [4.78, 5) is 12.7. The minimum atomic E-state index is -0.307. The third-order valence-corrected chi connectivity index (χ3v) is 4.92. The number of carbonyl (C=O) groups excluding carboxylic acids is 1. The summed E-state index contributed by atoms with van der Waals surface area (Å²) in [6.45, 7) is 8.87. The third-order valence-electron chi connectivity index (χ3n) is 4.22. The molecule has 0 atom stereocenters. The number of nitrogens with one attached hydrogen (secondary N) is 2. The van der Waals surface area contributed by atoms with Crippen molar-refractivity contribution in [2.45, 2.75) is 34.1 Å². The summed E-state index contributed by atoms with van der Waals surface area (Å²) in [6, 6.07) is 11.3. The van der Waals surface area contributed by atoms with Crippen LogP contribution in [0.4, 0.5) is 5.69 Å². The Morgan fingerprint density at radius 1 is 1.22 bits per heavy atom. The molecule has 0 saturated heterocycles. The van der Waals surface area contributed by atoms with Gasteiger partial charge in [0.15, 0.2) is 5.11 Å². The Morgan fingerprint density at radius 3 is 2.67 bits per heavy atom. The van der Waals surface area contributed by atoms with Crippen molar-refractivity contribution in [1.82, 2.24) is 5.32 Å². The Bertz CT molecular complexity index is 837. The van der Waals surface area contributed by atoms with E-state index in [0.717, 1.165) is 27.7 Å². The number of hydrogen-bond donors (Lipinski definition) is 2. The Balaban J connectivity index is 2.09. The number of benzene rings is 2. The summed E-state index contributed by atoms with van der Waals surface area (Å²) in [5, 5.41) is 6.08. The molecule has 0 aliphatic carbocycles. The molecule has 0 unspecified atom stereocenters. The van der Waals surface area contributed by atoms with Crippen molar-refractivity contribution in [3.63, 3.8) is 0 Å². The standard InChI is InChI=1S/C21H25BrN2O2S/c1-13(2)10-11-26-19-9-8-16(22)12-17(19)20(25)24-21(27)23-18-7-5-6-14(3)15(18)4/h5-9,12-13H,10-11H2,1-4H3,(H2,23,24,25,27). The van der Waals surface area contributed by atoms with Crippen LogP contribution in [-0.4, -0.2) is 17.6 Å². The van der Waals surface area contributed by atoms with Crippen LogP contribution in [0.25, 0.3) is 0 Å². The Hall–Kier alpha value is -1.92. The van der Waals surface area contributed by atoms with E-state index in [2.05, 4.69) is 40.4 Å². The smallest absolute Gasteiger partial charge is 0.261 e. The van der Waals surface area contributed by atoms with Gasteiger partial charge in [-0.15, -0.1) is 0 Å². The van der Waals surface area contributed by atoms with Crippen LogP contribution in [-0.2, 0) is 0 Å². The highest BCUT2D eigenvalue weighted by molar-refractivity contribution is 9.10. The van der Waals surface area contributed by atoms with E-state index < -0.39 is 0 Å². The Labute approximate surface area is 174 Å². The molecule has 144 valence electrons. The van der Waals surface area contributed by atoms with Crippen molar-refractivity contribution < 1.29 is 9.53 Å². The molecule has 0 fully saturated rings. The fourth-order valence-electron chi connectivity index (χ4n) is 2.42. The van der Waals surface area contributed by atoms with Gasteiger partial charge in [0, 0.05) is 10.2 Å². The molecule has 2 N–H and O–H groups in total. The van der Waals surface area contributed by atoms with Crippen molar-refractivity contribution in [3.8, 4) is 5.75 Å². The lowest BCUT2D eigenvalue weighted by Gasteiger charge is -2.15. The molecule has 0 aliphatic rings. The zero-order valence-corrected chi connectivity index (χ0v) is 18.5. The van der Waals surface area contributed by atoms with Gasteiger partial charge in [-0.05, 0) is 73.8 Å². The van der Waals surface area contributed by atoms with Gasteiger partial charge < -0.3 is 10.1 Å². The van der Waals surface area contributed by atoms with Crippen molar-refractivity contribution >= 4 is 44.9 Å². The number of carbonyl (C=O) groups is 1. The molecule has 0 saturated carbocycles. The number of rotatable bonds is 6. The van der Waals surface area contributed by atoms with E-state index in [-0.39, 0.29) is 11.0 Å². The summed E-state index contributed by atoms with van der Waals surface area (Å²) in [6.07, 6.45) is 0.920. The first-order valence-corrected chi connectivity index (χ1v) is 10.1. The largest absolute Gasteiger partial charge is 0.493 e.